The monoisotopic (exact) mass is 597 g/mol. The van der Waals surface area contributed by atoms with Gasteiger partial charge in [0.15, 0.2) is 0 Å². The summed E-state index contributed by atoms with van der Waals surface area (Å²) in [6.45, 7) is 5.10. The molecule has 3 aromatic rings. The van der Waals surface area contributed by atoms with Crippen molar-refractivity contribution >= 4 is 46.4 Å². The molecule has 1 saturated heterocycles. The van der Waals surface area contributed by atoms with Gasteiger partial charge < -0.3 is 25.6 Å². The Morgan fingerprint density at radius 1 is 0.927 bits per heavy atom. The Balaban J connectivity index is 1.56. The van der Waals surface area contributed by atoms with Crippen LogP contribution in [0.1, 0.15) is 18.5 Å². The van der Waals surface area contributed by atoms with Crippen LogP contribution in [-0.4, -0.2) is 76.2 Å². The maximum Gasteiger partial charge on any atom is 0.242 e. The average Bonchev–Trinajstić information content (AvgIpc) is 2.97. The molecule has 8 nitrogen and oxygen atoms in total. The number of primary amides is 1. The van der Waals surface area contributed by atoms with Crippen molar-refractivity contribution in [2.24, 2.45) is 5.73 Å². The molecule has 3 aromatic carbocycles. The van der Waals surface area contributed by atoms with E-state index in [-0.39, 0.29) is 18.5 Å². The molecule has 0 spiro atoms. The van der Waals surface area contributed by atoms with E-state index in [1.54, 1.807) is 30.0 Å². The molecule has 0 radical (unpaired) electrons. The number of carbonyl (C=O) groups is 2. The first-order valence-electron chi connectivity index (χ1n) is 13.6. The smallest absolute Gasteiger partial charge is 0.242 e. The second kappa shape index (κ2) is 14.0. The number of nitrogens with one attached hydrogen (secondary N) is 1. The first kappa shape index (κ1) is 30.7. The summed E-state index contributed by atoms with van der Waals surface area (Å²) in [6.07, 6.45) is 0. The molecule has 4 rings (SSSR count). The third-order valence-corrected chi connectivity index (χ3v) is 8.04. The fraction of sp³-hybridized carbons (Fsp3) is 0.355. The van der Waals surface area contributed by atoms with E-state index >= 15 is 0 Å². The number of nitrogens with zero attached hydrogens (tertiary/aromatic N) is 3. The number of carbonyl (C=O) groups excluding carboxylic acids is 2. The summed E-state index contributed by atoms with van der Waals surface area (Å²) >= 11 is 12.3. The zero-order chi connectivity index (χ0) is 29.5. The Morgan fingerprint density at radius 2 is 1.51 bits per heavy atom. The number of amides is 2. The third-order valence-electron chi connectivity index (χ3n) is 7.30. The van der Waals surface area contributed by atoms with E-state index in [9.17, 15) is 9.59 Å². The van der Waals surface area contributed by atoms with Gasteiger partial charge in [-0.25, -0.2) is 0 Å². The number of nitrogens with two attached hydrogens (primary N) is 1. The molecule has 1 fully saturated rings. The van der Waals surface area contributed by atoms with E-state index in [4.69, 9.17) is 33.7 Å². The lowest BCUT2D eigenvalue weighted by molar-refractivity contribution is -0.123. The molecule has 1 aliphatic rings. The third kappa shape index (κ3) is 8.14. The highest BCUT2D eigenvalue weighted by atomic mass is 35.5. The summed E-state index contributed by atoms with van der Waals surface area (Å²) in [7, 11) is 4.04. The van der Waals surface area contributed by atoms with Gasteiger partial charge in [-0.2, -0.15) is 0 Å². The molecule has 2 amide bonds. The number of ether oxygens (including phenoxy) is 1. The van der Waals surface area contributed by atoms with Crippen LogP contribution in [0.15, 0.2) is 66.7 Å². The van der Waals surface area contributed by atoms with Crippen LogP contribution in [0.2, 0.25) is 10.0 Å². The molecule has 0 bridgehead atoms. The largest absolute Gasteiger partial charge is 0.379 e. The highest BCUT2D eigenvalue weighted by Crippen LogP contribution is 2.29. The second-order valence-electron chi connectivity index (χ2n) is 10.4. The average molecular weight is 599 g/mol. The normalized spacial score (nSPS) is 15.1. The van der Waals surface area contributed by atoms with Crippen LogP contribution in [0.4, 0.5) is 11.4 Å². The van der Waals surface area contributed by atoms with Crippen molar-refractivity contribution in [3.63, 3.8) is 0 Å². The minimum Gasteiger partial charge on any atom is -0.379 e. The Hall–Kier alpha value is -3.30. The molecular weight excluding hydrogens is 561 g/mol. The zero-order valence-electron chi connectivity index (χ0n) is 23.6. The Kier molecular flexibility index (Phi) is 10.5. The van der Waals surface area contributed by atoms with Gasteiger partial charge in [-0.1, -0.05) is 59.6 Å². The molecule has 2 atom stereocenters. The minimum atomic E-state index is -0.707. The van der Waals surface area contributed by atoms with E-state index in [2.05, 4.69) is 63.6 Å². The predicted molar refractivity (Wildman–Crippen MR) is 167 cm³/mol. The highest BCUT2D eigenvalue weighted by Gasteiger charge is 2.27. The van der Waals surface area contributed by atoms with E-state index in [1.165, 1.54) is 0 Å². The molecule has 0 saturated carbocycles. The van der Waals surface area contributed by atoms with Crippen LogP contribution in [-0.2, 0) is 14.3 Å². The van der Waals surface area contributed by atoms with Gasteiger partial charge in [0.2, 0.25) is 11.8 Å². The topological polar surface area (TPSA) is 91.1 Å². The number of benzene rings is 3. The van der Waals surface area contributed by atoms with Crippen molar-refractivity contribution in [2.75, 3.05) is 63.3 Å². The summed E-state index contributed by atoms with van der Waals surface area (Å²) in [5, 5.41) is 3.94. The number of hydrogen-bond acceptors (Lipinski definition) is 6. The van der Waals surface area contributed by atoms with E-state index < -0.39 is 11.9 Å². The number of rotatable bonds is 11. The van der Waals surface area contributed by atoms with Crippen LogP contribution in [0, 0.1) is 0 Å². The molecule has 10 heteroatoms. The first-order chi connectivity index (χ1) is 19.6. The fourth-order valence-corrected chi connectivity index (χ4v) is 5.15. The van der Waals surface area contributed by atoms with Crippen molar-refractivity contribution < 1.29 is 14.3 Å². The number of halogens is 2. The molecule has 1 aliphatic heterocycles. The molecule has 41 heavy (non-hydrogen) atoms. The SMILES string of the molecule is CC(C(=O)NC(CN1CCOCC1)c1ccc(-c2ccc(N(C)C)cc2)cc1)N(CC(N)=O)c1ccc(Cl)c(Cl)c1. The summed E-state index contributed by atoms with van der Waals surface area (Å²) in [4.78, 5) is 31.6. The quantitative estimate of drug-likeness (QED) is 0.336. The predicted octanol–water partition coefficient (Wildman–Crippen LogP) is 4.60. The molecule has 0 aromatic heterocycles. The summed E-state index contributed by atoms with van der Waals surface area (Å²) in [5.41, 5.74) is 10.5. The minimum absolute atomic E-state index is 0.151. The van der Waals surface area contributed by atoms with Crippen LogP contribution < -0.4 is 20.9 Å². The van der Waals surface area contributed by atoms with Gasteiger partial charge in [-0.3, -0.25) is 14.5 Å². The Bertz CT molecular complexity index is 1330. The lowest BCUT2D eigenvalue weighted by Gasteiger charge is -2.34. The molecule has 1 heterocycles. The molecule has 2 unspecified atom stereocenters. The molecule has 0 aliphatic carbocycles. The summed E-state index contributed by atoms with van der Waals surface area (Å²) < 4.78 is 5.53. The van der Waals surface area contributed by atoms with E-state index in [0.29, 0.717) is 35.5 Å². The number of hydrogen-bond donors (Lipinski definition) is 2. The van der Waals surface area contributed by atoms with Gasteiger partial charge in [0.05, 0.1) is 35.8 Å². The molecular formula is C31H37Cl2N5O3. The van der Waals surface area contributed by atoms with E-state index in [0.717, 1.165) is 35.5 Å². The van der Waals surface area contributed by atoms with Crippen molar-refractivity contribution in [2.45, 2.75) is 19.0 Å². The number of anilines is 2. The molecule has 3 N–H and O–H groups in total. The number of morpholine rings is 1. The van der Waals surface area contributed by atoms with Gasteiger partial charge >= 0.3 is 0 Å². The Labute approximate surface area is 251 Å². The first-order valence-corrected chi connectivity index (χ1v) is 14.4. The van der Waals surface area contributed by atoms with Crippen LogP contribution in [0.3, 0.4) is 0 Å². The van der Waals surface area contributed by atoms with Crippen LogP contribution >= 0.6 is 23.2 Å². The van der Waals surface area contributed by atoms with Crippen molar-refractivity contribution in [1.29, 1.82) is 0 Å². The Morgan fingerprint density at radius 3 is 2.07 bits per heavy atom. The molecule has 218 valence electrons. The van der Waals surface area contributed by atoms with E-state index in [1.807, 2.05) is 14.1 Å². The van der Waals surface area contributed by atoms with Crippen LogP contribution in [0.25, 0.3) is 11.1 Å². The van der Waals surface area contributed by atoms with Gasteiger partial charge in [0.1, 0.15) is 6.04 Å². The lowest BCUT2D eigenvalue weighted by atomic mass is 9.99. The summed E-state index contributed by atoms with van der Waals surface area (Å²) in [5.74, 6) is -0.797. The maximum absolute atomic E-state index is 13.7. The zero-order valence-corrected chi connectivity index (χ0v) is 25.2. The van der Waals surface area contributed by atoms with Crippen molar-refractivity contribution in [1.82, 2.24) is 10.2 Å². The summed E-state index contributed by atoms with van der Waals surface area (Å²) in [6, 6.07) is 20.7. The standard InChI is InChI=1S/C31H37Cl2N5O3/c1-21(38(20-30(34)39)26-12-13-27(32)28(33)18-26)31(40)35-29(19-37-14-16-41-17-15-37)24-6-4-22(5-7-24)23-8-10-25(11-9-23)36(2)3/h4-13,18,21,29H,14-17,19-20H2,1-3H3,(H2,34,39)(H,35,40). The van der Waals surface area contributed by atoms with Gasteiger partial charge in [0, 0.05) is 45.1 Å². The second-order valence-corrected chi connectivity index (χ2v) is 11.2. The highest BCUT2D eigenvalue weighted by molar-refractivity contribution is 6.42. The van der Waals surface area contributed by atoms with Gasteiger partial charge in [0.25, 0.3) is 0 Å². The van der Waals surface area contributed by atoms with Crippen molar-refractivity contribution in [3.8, 4) is 11.1 Å². The van der Waals surface area contributed by atoms with Gasteiger partial charge in [-0.05, 0) is 53.9 Å². The fourth-order valence-electron chi connectivity index (χ4n) is 4.85. The van der Waals surface area contributed by atoms with Gasteiger partial charge in [-0.15, -0.1) is 0 Å². The van der Waals surface area contributed by atoms with Crippen molar-refractivity contribution in [3.05, 3.63) is 82.3 Å². The lowest BCUT2D eigenvalue weighted by Crippen LogP contribution is -2.51. The van der Waals surface area contributed by atoms with Crippen LogP contribution in [0.5, 0.6) is 0 Å². The maximum atomic E-state index is 13.7.